The molecule has 2 nitrogen and oxygen atoms in total. The Labute approximate surface area is 119 Å². The second-order valence-electron chi connectivity index (χ2n) is 3.44. The molecule has 3 rings (SSSR count). The fourth-order valence-electron chi connectivity index (χ4n) is 1.32. The van der Waals surface area contributed by atoms with Crippen LogP contribution in [0.15, 0.2) is 52.9 Å². The third-order valence-electron chi connectivity index (χ3n) is 2.09. The Kier molecular flexibility index (Phi) is 4.47. The Morgan fingerprint density at radius 2 is 1.83 bits per heavy atom. The molecule has 0 bridgehead atoms. The van der Waals surface area contributed by atoms with Crippen LogP contribution < -0.4 is 0 Å². The van der Waals surface area contributed by atoms with Crippen molar-refractivity contribution in [1.29, 1.82) is 0 Å². The number of aromatic nitrogens is 1. The quantitative estimate of drug-likeness (QED) is 0.593. The molecule has 0 aliphatic carbocycles. The number of aromatic hydroxyl groups is 1. The molecule has 0 saturated heterocycles. The van der Waals surface area contributed by atoms with Gasteiger partial charge in [0.15, 0.2) is 0 Å². The summed E-state index contributed by atoms with van der Waals surface area (Å²) in [7, 11) is 0. The summed E-state index contributed by atoms with van der Waals surface area (Å²) < 4.78 is 1.70. The second-order valence-corrected chi connectivity index (χ2v) is 5.64. The van der Waals surface area contributed by atoms with Crippen LogP contribution in [0.3, 0.4) is 0 Å². The van der Waals surface area contributed by atoms with Gasteiger partial charge in [0.1, 0.15) is 10.1 Å². The van der Waals surface area contributed by atoms with E-state index in [-0.39, 0.29) is 5.75 Å². The highest BCUT2D eigenvalue weighted by molar-refractivity contribution is 7.82. The van der Waals surface area contributed by atoms with Crippen molar-refractivity contribution in [2.24, 2.45) is 0 Å². The molecule has 0 fully saturated rings. The van der Waals surface area contributed by atoms with Crippen molar-refractivity contribution in [1.82, 2.24) is 4.98 Å². The minimum absolute atomic E-state index is 0.273. The molecule has 5 heteroatoms. The van der Waals surface area contributed by atoms with Gasteiger partial charge in [-0.05, 0) is 30.3 Å². The summed E-state index contributed by atoms with van der Waals surface area (Å²) in [6, 6.07) is 14.5. The summed E-state index contributed by atoms with van der Waals surface area (Å²) in [5, 5.41) is 9.89. The maximum absolute atomic E-state index is 9.09. The van der Waals surface area contributed by atoms with Crippen LogP contribution in [0.1, 0.15) is 0 Å². The predicted molar refractivity (Wildman–Crippen MR) is 80.0 cm³/mol. The van der Waals surface area contributed by atoms with Gasteiger partial charge in [0.2, 0.25) is 0 Å². The number of benzene rings is 2. The first-order valence-electron chi connectivity index (χ1n) is 5.14. The molecular formula is C13H10ClNOS2. The molecule has 92 valence electrons. The van der Waals surface area contributed by atoms with E-state index in [1.807, 2.05) is 30.3 Å². The Bertz CT molecular complexity index is 640. The van der Waals surface area contributed by atoms with Gasteiger partial charge in [-0.1, -0.05) is 29.8 Å². The SMILES string of the molecule is Clc1ccccc1.Oc1ccc2nc(S)sc2c1. The number of rotatable bonds is 0. The van der Waals surface area contributed by atoms with E-state index in [2.05, 4.69) is 17.6 Å². The van der Waals surface area contributed by atoms with Gasteiger partial charge >= 0.3 is 0 Å². The fraction of sp³-hybridized carbons (Fsp3) is 0. The third-order valence-corrected chi connectivity index (χ3v) is 3.54. The lowest BCUT2D eigenvalue weighted by atomic mass is 10.3. The van der Waals surface area contributed by atoms with E-state index in [0.29, 0.717) is 0 Å². The first-order chi connectivity index (χ1) is 8.65. The summed E-state index contributed by atoms with van der Waals surface area (Å²) in [5.41, 5.74) is 0.887. The van der Waals surface area contributed by atoms with Crippen LogP contribution in [0.5, 0.6) is 5.75 Å². The number of phenolic OH excluding ortho intramolecular Hbond substituents is 1. The van der Waals surface area contributed by atoms with Crippen LogP contribution in [0.2, 0.25) is 5.02 Å². The zero-order valence-electron chi connectivity index (χ0n) is 9.25. The minimum Gasteiger partial charge on any atom is -0.508 e. The summed E-state index contributed by atoms with van der Waals surface area (Å²) in [6.45, 7) is 0. The topological polar surface area (TPSA) is 33.1 Å². The highest BCUT2D eigenvalue weighted by Gasteiger charge is 1.99. The lowest BCUT2D eigenvalue weighted by Crippen LogP contribution is -1.65. The molecule has 0 aliphatic heterocycles. The molecule has 1 N–H and O–H groups in total. The zero-order chi connectivity index (χ0) is 13.0. The number of hydrogen-bond donors (Lipinski definition) is 2. The Morgan fingerprint density at radius 3 is 2.44 bits per heavy atom. The van der Waals surface area contributed by atoms with E-state index in [1.54, 1.807) is 18.2 Å². The van der Waals surface area contributed by atoms with E-state index < -0.39 is 0 Å². The van der Waals surface area contributed by atoms with Crippen molar-refractivity contribution < 1.29 is 5.11 Å². The van der Waals surface area contributed by atoms with E-state index in [9.17, 15) is 0 Å². The predicted octanol–water partition coefficient (Wildman–Crippen LogP) is 4.63. The molecule has 0 aliphatic rings. The summed E-state index contributed by atoms with van der Waals surface area (Å²) in [4.78, 5) is 4.13. The highest BCUT2D eigenvalue weighted by atomic mass is 35.5. The molecule has 0 saturated carbocycles. The van der Waals surface area contributed by atoms with Crippen molar-refractivity contribution in [2.45, 2.75) is 4.34 Å². The largest absolute Gasteiger partial charge is 0.508 e. The normalized spacial score (nSPS) is 9.89. The molecule has 0 atom stereocenters. The number of halogens is 1. The van der Waals surface area contributed by atoms with Gasteiger partial charge in [-0.2, -0.15) is 0 Å². The van der Waals surface area contributed by atoms with E-state index >= 15 is 0 Å². The van der Waals surface area contributed by atoms with Gasteiger partial charge < -0.3 is 5.11 Å². The standard InChI is InChI=1S/C7H5NOS2.C6H5Cl/c9-4-1-2-5-6(3-4)11-7(10)8-5;7-6-4-2-1-3-5-6/h1-3,9H,(H,8,10);1-5H. The van der Waals surface area contributed by atoms with Crippen LogP contribution in [0, 0.1) is 0 Å². The molecular weight excluding hydrogens is 286 g/mol. The van der Waals surface area contributed by atoms with Gasteiger partial charge in [0.05, 0.1) is 10.2 Å². The minimum atomic E-state index is 0.273. The molecule has 18 heavy (non-hydrogen) atoms. The zero-order valence-corrected chi connectivity index (χ0v) is 11.7. The van der Waals surface area contributed by atoms with Crippen LogP contribution in [-0.4, -0.2) is 10.1 Å². The summed E-state index contributed by atoms with van der Waals surface area (Å²) >= 11 is 11.1. The average molecular weight is 296 g/mol. The van der Waals surface area contributed by atoms with Crippen molar-refractivity contribution in [3.05, 3.63) is 53.6 Å². The maximum atomic E-state index is 9.09. The molecule has 0 radical (unpaired) electrons. The van der Waals surface area contributed by atoms with Crippen LogP contribution in [0.4, 0.5) is 0 Å². The number of fused-ring (bicyclic) bond motifs is 1. The van der Waals surface area contributed by atoms with Crippen LogP contribution in [0.25, 0.3) is 10.2 Å². The van der Waals surface area contributed by atoms with Gasteiger partial charge in [-0.25, -0.2) is 4.98 Å². The van der Waals surface area contributed by atoms with Gasteiger partial charge in [-0.3, -0.25) is 0 Å². The van der Waals surface area contributed by atoms with Gasteiger partial charge in [0, 0.05) is 5.02 Å². The molecule has 2 aromatic carbocycles. The van der Waals surface area contributed by atoms with E-state index in [0.717, 1.165) is 19.6 Å². The van der Waals surface area contributed by atoms with Crippen LogP contribution in [-0.2, 0) is 0 Å². The molecule has 1 heterocycles. The van der Waals surface area contributed by atoms with Gasteiger partial charge in [0.25, 0.3) is 0 Å². The van der Waals surface area contributed by atoms with Crippen molar-refractivity contribution in [3.8, 4) is 5.75 Å². The smallest absolute Gasteiger partial charge is 0.148 e. The number of hydrogen-bond acceptors (Lipinski definition) is 4. The third kappa shape index (κ3) is 3.63. The lowest BCUT2D eigenvalue weighted by Gasteiger charge is -1.87. The molecule has 0 spiro atoms. The maximum Gasteiger partial charge on any atom is 0.148 e. The fourth-order valence-corrected chi connectivity index (χ4v) is 2.60. The monoisotopic (exact) mass is 295 g/mol. The summed E-state index contributed by atoms with van der Waals surface area (Å²) in [5.74, 6) is 0.273. The molecule has 1 aromatic heterocycles. The summed E-state index contributed by atoms with van der Waals surface area (Å²) in [6.07, 6.45) is 0. The first-order valence-corrected chi connectivity index (χ1v) is 6.78. The second kappa shape index (κ2) is 6.09. The Morgan fingerprint density at radius 1 is 1.11 bits per heavy atom. The van der Waals surface area contributed by atoms with Crippen molar-refractivity contribution in [3.63, 3.8) is 0 Å². The highest BCUT2D eigenvalue weighted by Crippen LogP contribution is 2.27. The molecule has 3 aromatic rings. The Hall–Kier alpha value is -1.23. The van der Waals surface area contributed by atoms with Crippen LogP contribution >= 0.6 is 35.6 Å². The average Bonchev–Trinajstić information content (AvgIpc) is 2.70. The first kappa shape index (κ1) is 13.2. The number of thiol groups is 1. The number of thiazole rings is 1. The Balaban J connectivity index is 0.000000149. The van der Waals surface area contributed by atoms with E-state index in [1.165, 1.54) is 11.3 Å². The van der Waals surface area contributed by atoms with Crippen molar-refractivity contribution in [2.75, 3.05) is 0 Å². The van der Waals surface area contributed by atoms with Gasteiger partial charge in [-0.15, -0.1) is 24.0 Å². The van der Waals surface area contributed by atoms with Crippen molar-refractivity contribution >= 4 is 45.8 Å². The molecule has 0 unspecified atom stereocenters. The molecule has 0 amide bonds. The van der Waals surface area contributed by atoms with E-state index in [4.69, 9.17) is 16.7 Å². The number of phenols is 1. The lowest BCUT2D eigenvalue weighted by molar-refractivity contribution is 0.476. The number of nitrogens with zero attached hydrogens (tertiary/aromatic N) is 1.